The molecular formula is C12H17N2O6P. The molecule has 2 aromatic rings. The van der Waals surface area contributed by atoms with Gasteiger partial charge >= 0.3 is 13.8 Å². The number of aryl methyl sites for hydroxylation is 1. The van der Waals surface area contributed by atoms with Crippen LogP contribution in [0.4, 0.5) is 0 Å². The molecule has 8 nitrogen and oxygen atoms in total. The molecule has 0 radical (unpaired) electrons. The third-order valence-corrected chi connectivity index (χ3v) is 2.74. The topological polar surface area (TPSA) is 146 Å². The summed E-state index contributed by atoms with van der Waals surface area (Å²) in [5.74, 6) is -0.965. The van der Waals surface area contributed by atoms with E-state index < -0.39 is 19.8 Å². The summed E-state index contributed by atoms with van der Waals surface area (Å²) in [6.07, 6.45) is 2.30. The summed E-state index contributed by atoms with van der Waals surface area (Å²) in [5.41, 5.74) is 7.61. The second kappa shape index (κ2) is 6.84. The lowest BCUT2D eigenvalue weighted by atomic mass is 10.1. The van der Waals surface area contributed by atoms with Crippen LogP contribution in [0.5, 0.6) is 0 Å². The number of rotatable bonds is 3. The zero-order chi connectivity index (χ0) is 16.2. The molecule has 0 amide bonds. The van der Waals surface area contributed by atoms with Gasteiger partial charge in [0.2, 0.25) is 0 Å². The van der Waals surface area contributed by atoms with Gasteiger partial charge in [-0.25, -0.2) is 4.57 Å². The number of carboxylic acid groups (broad SMARTS) is 1. The molecule has 0 bridgehead atoms. The van der Waals surface area contributed by atoms with Gasteiger partial charge in [-0.05, 0) is 11.6 Å². The van der Waals surface area contributed by atoms with Crippen LogP contribution in [0.2, 0.25) is 0 Å². The summed E-state index contributed by atoms with van der Waals surface area (Å²) in [4.78, 5) is 32.3. The van der Waals surface area contributed by atoms with Gasteiger partial charge in [0.15, 0.2) is 0 Å². The SMILES string of the molecule is Cn1cc(CC(N)C(=O)O)c2ccccc21.O=P(O)(O)O. The minimum atomic E-state index is -4.64. The van der Waals surface area contributed by atoms with Gasteiger partial charge in [0.1, 0.15) is 6.04 Å². The van der Waals surface area contributed by atoms with Crippen molar-refractivity contribution in [1.82, 2.24) is 4.57 Å². The molecule has 0 aliphatic carbocycles. The molecule has 1 atom stereocenters. The Morgan fingerprint density at radius 1 is 1.33 bits per heavy atom. The molecule has 1 unspecified atom stereocenters. The van der Waals surface area contributed by atoms with Crippen LogP contribution in [-0.2, 0) is 22.8 Å². The van der Waals surface area contributed by atoms with E-state index in [9.17, 15) is 4.79 Å². The Morgan fingerprint density at radius 2 is 1.86 bits per heavy atom. The van der Waals surface area contributed by atoms with Gasteiger partial charge in [-0.15, -0.1) is 0 Å². The molecule has 1 aromatic heterocycles. The maximum absolute atomic E-state index is 10.7. The molecule has 1 aromatic carbocycles. The highest BCUT2D eigenvalue weighted by molar-refractivity contribution is 7.45. The van der Waals surface area contributed by atoms with Crippen LogP contribution in [0, 0.1) is 0 Å². The zero-order valence-electron chi connectivity index (χ0n) is 11.2. The molecule has 0 aliphatic rings. The third kappa shape index (κ3) is 5.66. The molecule has 0 aliphatic heterocycles. The van der Waals surface area contributed by atoms with E-state index in [2.05, 4.69) is 0 Å². The van der Waals surface area contributed by atoms with Crippen molar-refractivity contribution >= 4 is 24.7 Å². The third-order valence-electron chi connectivity index (χ3n) is 2.74. The van der Waals surface area contributed by atoms with E-state index >= 15 is 0 Å². The van der Waals surface area contributed by atoms with Crippen molar-refractivity contribution in [3.05, 3.63) is 36.0 Å². The standard InChI is InChI=1S/C12H14N2O2.H3O4P/c1-14-7-8(6-10(13)12(15)16)9-4-2-3-5-11(9)14;1-5(2,3)4/h2-5,7,10H,6,13H2,1H3,(H,15,16);(H3,1,2,3,4). The quantitative estimate of drug-likeness (QED) is 0.508. The lowest BCUT2D eigenvalue weighted by molar-refractivity contribution is -0.138. The molecule has 0 saturated carbocycles. The minimum absolute atomic E-state index is 0.358. The van der Waals surface area contributed by atoms with Crippen LogP contribution >= 0.6 is 7.82 Å². The molecule has 0 saturated heterocycles. The highest BCUT2D eigenvalue weighted by Gasteiger charge is 2.15. The van der Waals surface area contributed by atoms with Crippen LogP contribution < -0.4 is 5.73 Å². The summed E-state index contributed by atoms with van der Waals surface area (Å²) < 4.78 is 10.9. The average molecular weight is 316 g/mol. The molecular weight excluding hydrogens is 299 g/mol. The molecule has 9 heteroatoms. The maximum atomic E-state index is 10.7. The summed E-state index contributed by atoms with van der Waals surface area (Å²) in [7, 11) is -2.70. The fourth-order valence-corrected chi connectivity index (χ4v) is 1.91. The fourth-order valence-electron chi connectivity index (χ4n) is 1.91. The van der Waals surface area contributed by atoms with E-state index in [-0.39, 0.29) is 0 Å². The van der Waals surface area contributed by atoms with Crippen LogP contribution in [0.1, 0.15) is 5.56 Å². The van der Waals surface area contributed by atoms with Crippen LogP contribution in [0.25, 0.3) is 10.9 Å². The molecule has 1 heterocycles. The summed E-state index contributed by atoms with van der Waals surface area (Å²) in [6, 6.07) is 7.05. The number of carboxylic acids is 1. The number of carbonyl (C=O) groups is 1. The highest BCUT2D eigenvalue weighted by atomic mass is 31.2. The van der Waals surface area contributed by atoms with Gasteiger partial charge in [0.05, 0.1) is 0 Å². The molecule has 2 rings (SSSR count). The Labute approximate surface area is 120 Å². The van der Waals surface area contributed by atoms with E-state index in [1.807, 2.05) is 42.1 Å². The number of para-hydroxylation sites is 1. The van der Waals surface area contributed by atoms with Gasteiger partial charge in [-0.2, -0.15) is 0 Å². The molecule has 21 heavy (non-hydrogen) atoms. The summed E-state index contributed by atoms with van der Waals surface area (Å²) in [5, 5.41) is 9.86. The minimum Gasteiger partial charge on any atom is -0.480 e. The second-order valence-corrected chi connectivity index (χ2v) is 5.47. The number of aromatic nitrogens is 1. The number of phosphoric acid groups is 1. The molecule has 6 N–H and O–H groups in total. The van der Waals surface area contributed by atoms with Crippen LogP contribution in [-0.4, -0.2) is 36.4 Å². The van der Waals surface area contributed by atoms with Crippen LogP contribution in [0.15, 0.2) is 30.5 Å². The van der Waals surface area contributed by atoms with Crippen molar-refractivity contribution < 1.29 is 29.1 Å². The zero-order valence-corrected chi connectivity index (χ0v) is 12.1. The highest BCUT2D eigenvalue weighted by Crippen LogP contribution is 2.25. The van der Waals surface area contributed by atoms with Gasteiger partial charge < -0.3 is 30.1 Å². The van der Waals surface area contributed by atoms with E-state index in [1.54, 1.807) is 0 Å². The largest absolute Gasteiger partial charge is 0.480 e. The van der Waals surface area contributed by atoms with Crippen molar-refractivity contribution in [1.29, 1.82) is 0 Å². The van der Waals surface area contributed by atoms with Crippen molar-refractivity contribution in [3.8, 4) is 0 Å². The first-order valence-corrected chi connectivity index (χ1v) is 7.45. The molecule has 0 spiro atoms. The smallest absolute Gasteiger partial charge is 0.466 e. The number of nitrogens with zero attached hydrogens (tertiary/aromatic N) is 1. The Bertz CT molecular complexity index is 669. The lowest BCUT2D eigenvalue weighted by Crippen LogP contribution is -2.32. The number of hydrogen-bond donors (Lipinski definition) is 5. The Balaban J connectivity index is 0.000000383. The van der Waals surface area contributed by atoms with Crippen LogP contribution in [0.3, 0.4) is 0 Å². The van der Waals surface area contributed by atoms with Crippen molar-refractivity contribution in [3.63, 3.8) is 0 Å². The monoisotopic (exact) mass is 316 g/mol. The van der Waals surface area contributed by atoms with Gasteiger partial charge in [-0.1, -0.05) is 18.2 Å². The number of aliphatic carboxylic acids is 1. The number of hydrogen-bond acceptors (Lipinski definition) is 3. The van der Waals surface area contributed by atoms with Crippen molar-refractivity contribution in [2.24, 2.45) is 12.8 Å². The molecule has 0 fully saturated rings. The fraction of sp³-hybridized carbons (Fsp3) is 0.250. The number of fused-ring (bicyclic) bond motifs is 1. The first-order valence-electron chi connectivity index (χ1n) is 5.89. The first-order chi connectivity index (χ1) is 9.59. The van der Waals surface area contributed by atoms with Gasteiger partial charge in [0, 0.05) is 30.6 Å². The van der Waals surface area contributed by atoms with E-state index in [4.69, 9.17) is 30.1 Å². The second-order valence-electron chi connectivity index (χ2n) is 4.44. The van der Waals surface area contributed by atoms with Crippen molar-refractivity contribution in [2.45, 2.75) is 12.5 Å². The number of nitrogens with two attached hydrogens (primary N) is 1. The number of benzene rings is 1. The normalized spacial score (nSPS) is 12.6. The Morgan fingerprint density at radius 3 is 2.38 bits per heavy atom. The van der Waals surface area contributed by atoms with E-state index in [0.717, 1.165) is 16.5 Å². The van der Waals surface area contributed by atoms with Crippen molar-refractivity contribution in [2.75, 3.05) is 0 Å². The summed E-state index contributed by atoms with van der Waals surface area (Å²) in [6.45, 7) is 0. The van der Waals surface area contributed by atoms with Gasteiger partial charge in [-0.3, -0.25) is 4.79 Å². The summed E-state index contributed by atoms with van der Waals surface area (Å²) >= 11 is 0. The van der Waals surface area contributed by atoms with E-state index in [0.29, 0.717) is 6.42 Å². The predicted molar refractivity (Wildman–Crippen MR) is 76.5 cm³/mol. The maximum Gasteiger partial charge on any atom is 0.466 e. The lowest BCUT2D eigenvalue weighted by Gasteiger charge is -2.04. The van der Waals surface area contributed by atoms with Gasteiger partial charge in [0.25, 0.3) is 0 Å². The van der Waals surface area contributed by atoms with E-state index in [1.165, 1.54) is 0 Å². The Kier molecular flexibility index (Phi) is 5.65. The Hall–Kier alpha value is -1.70. The predicted octanol–water partition coefficient (Wildman–Crippen LogP) is 0.204. The molecule has 116 valence electrons. The average Bonchev–Trinajstić information content (AvgIpc) is 2.65. The first kappa shape index (κ1) is 17.4.